The van der Waals surface area contributed by atoms with Gasteiger partial charge >= 0.3 is 0 Å². The molecule has 0 aromatic carbocycles. The molecule has 4 nitrogen and oxygen atoms in total. The van der Waals surface area contributed by atoms with E-state index in [4.69, 9.17) is 14.5 Å². The van der Waals surface area contributed by atoms with E-state index in [2.05, 4.69) is 33.0 Å². The number of nitrogens with zero attached hydrogens (tertiary/aromatic N) is 1. The van der Waals surface area contributed by atoms with E-state index in [1.807, 2.05) is 11.3 Å². The average molecular weight is 312 g/mol. The van der Waals surface area contributed by atoms with Gasteiger partial charge in [0.05, 0.1) is 5.69 Å². The molecule has 1 aromatic heterocycles. The Hall–Kier alpha value is -0.490. The molecule has 0 radical (unpaired) electrons. The van der Waals surface area contributed by atoms with E-state index in [1.165, 1.54) is 10.6 Å². The predicted molar refractivity (Wildman–Crippen MR) is 86.9 cm³/mol. The second-order valence-corrected chi connectivity index (χ2v) is 6.89. The van der Waals surface area contributed by atoms with Crippen LogP contribution in [-0.4, -0.2) is 31.3 Å². The minimum absolute atomic E-state index is 0.230. The van der Waals surface area contributed by atoms with Crippen LogP contribution in [0.1, 0.15) is 62.0 Å². The number of hydrogen-bond acceptors (Lipinski definition) is 5. The minimum Gasteiger partial charge on any atom is -0.381 e. The van der Waals surface area contributed by atoms with E-state index in [1.54, 1.807) is 0 Å². The van der Waals surface area contributed by atoms with Gasteiger partial charge in [-0.15, -0.1) is 11.3 Å². The zero-order chi connectivity index (χ0) is 15.3. The van der Waals surface area contributed by atoms with Gasteiger partial charge in [-0.1, -0.05) is 20.8 Å². The van der Waals surface area contributed by atoms with Gasteiger partial charge in [0.25, 0.3) is 0 Å². The zero-order valence-electron chi connectivity index (χ0n) is 13.7. The highest BCUT2D eigenvalue weighted by Gasteiger charge is 2.39. The van der Waals surface area contributed by atoms with Crippen molar-refractivity contribution in [3.63, 3.8) is 0 Å². The van der Waals surface area contributed by atoms with Crippen molar-refractivity contribution in [2.24, 2.45) is 0 Å². The molecule has 1 aliphatic heterocycles. The van der Waals surface area contributed by atoms with Gasteiger partial charge in [0.15, 0.2) is 0 Å². The third kappa shape index (κ3) is 3.83. The van der Waals surface area contributed by atoms with Crippen LogP contribution in [0, 0.1) is 0 Å². The van der Waals surface area contributed by atoms with Crippen molar-refractivity contribution in [2.45, 2.75) is 58.6 Å². The molecule has 0 bridgehead atoms. The van der Waals surface area contributed by atoms with Crippen LogP contribution in [0.5, 0.6) is 0 Å². The molecule has 0 atom stereocenters. The summed E-state index contributed by atoms with van der Waals surface area (Å²) in [5.41, 5.74) is 0.993. The Morgan fingerprint density at radius 1 is 1.33 bits per heavy atom. The minimum atomic E-state index is -0.230. The summed E-state index contributed by atoms with van der Waals surface area (Å²) in [6, 6.07) is 0. The molecule has 0 aliphatic carbocycles. The first-order chi connectivity index (χ1) is 10.1. The molecule has 1 N–H and O–H groups in total. The number of rotatable bonds is 7. The highest BCUT2D eigenvalue weighted by Crippen LogP contribution is 2.40. The summed E-state index contributed by atoms with van der Waals surface area (Å²) >= 11 is 1.82. The van der Waals surface area contributed by atoms with Crippen LogP contribution in [0.3, 0.4) is 0 Å². The van der Waals surface area contributed by atoms with E-state index in [0.717, 1.165) is 50.8 Å². The van der Waals surface area contributed by atoms with E-state index in [9.17, 15) is 0 Å². The number of aromatic nitrogens is 1. The van der Waals surface area contributed by atoms with E-state index < -0.39 is 0 Å². The van der Waals surface area contributed by atoms with Crippen LogP contribution in [0.4, 0.5) is 0 Å². The van der Waals surface area contributed by atoms with Crippen molar-refractivity contribution in [2.75, 3.05) is 26.4 Å². The van der Waals surface area contributed by atoms with Crippen LogP contribution in [0.2, 0.25) is 0 Å². The summed E-state index contributed by atoms with van der Waals surface area (Å²) in [4.78, 5) is 6.33. The Balaban J connectivity index is 2.31. The smallest absolute Gasteiger partial charge is 0.125 e. The van der Waals surface area contributed by atoms with Gasteiger partial charge in [0.1, 0.15) is 10.6 Å². The lowest BCUT2D eigenvalue weighted by molar-refractivity contribution is -0.112. The normalized spacial score (nSPS) is 18.3. The van der Waals surface area contributed by atoms with E-state index in [0.29, 0.717) is 5.92 Å². The Kier molecular flexibility index (Phi) is 6.17. The molecule has 5 heteroatoms. The number of nitrogens with one attached hydrogen (secondary N) is 1. The molecule has 120 valence electrons. The monoisotopic (exact) mass is 312 g/mol. The van der Waals surface area contributed by atoms with Crippen molar-refractivity contribution >= 4 is 11.3 Å². The van der Waals surface area contributed by atoms with Crippen molar-refractivity contribution in [1.29, 1.82) is 0 Å². The third-order valence-corrected chi connectivity index (χ3v) is 5.18. The number of thiazole rings is 1. The summed E-state index contributed by atoms with van der Waals surface area (Å²) in [7, 11) is 0. The first-order valence-electron chi connectivity index (χ1n) is 8.05. The van der Waals surface area contributed by atoms with Gasteiger partial charge in [0.2, 0.25) is 0 Å². The predicted octanol–water partition coefficient (Wildman–Crippen LogP) is 3.42. The highest BCUT2D eigenvalue weighted by atomic mass is 32.1. The quantitative estimate of drug-likeness (QED) is 0.838. The lowest BCUT2D eigenvalue weighted by Gasteiger charge is -2.35. The topological polar surface area (TPSA) is 43.4 Å². The largest absolute Gasteiger partial charge is 0.381 e. The summed E-state index contributed by atoms with van der Waals surface area (Å²) in [6.07, 6.45) is 1.82. The molecule has 0 amide bonds. The Labute approximate surface area is 132 Å². The lowest BCUT2D eigenvalue weighted by Crippen LogP contribution is -2.36. The van der Waals surface area contributed by atoms with E-state index >= 15 is 0 Å². The SMILES string of the molecule is CCNCc1sc(C2(OCC)CCOCC2)nc1C(C)C. The van der Waals surface area contributed by atoms with Gasteiger partial charge in [-0.25, -0.2) is 4.98 Å². The summed E-state index contributed by atoms with van der Waals surface area (Å²) in [6.45, 7) is 12.8. The molecule has 2 heterocycles. The molecule has 0 saturated carbocycles. The molecule has 1 aliphatic rings. The second-order valence-electron chi connectivity index (χ2n) is 5.80. The maximum Gasteiger partial charge on any atom is 0.125 e. The fourth-order valence-corrected chi connectivity index (χ4v) is 4.16. The van der Waals surface area contributed by atoms with Crippen LogP contribution in [0.25, 0.3) is 0 Å². The molecule has 1 aromatic rings. The molecule has 21 heavy (non-hydrogen) atoms. The van der Waals surface area contributed by atoms with Crippen molar-refractivity contribution in [1.82, 2.24) is 10.3 Å². The maximum absolute atomic E-state index is 6.16. The summed E-state index contributed by atoms with van der Waals surface area (Å²) < 4.78 is 11.7. The van der Waals surface area contributed by atoms with Gasteiger partial charge < -0.3 is 14.8 Å². The zero-order valence-corrected chi connectivity index (χ0v) is 14.5. The molecule has 0 unspecified atom stereocenters. The van der Waals surface area contributed by atoms with Crippen molar-refractivity contribution in [3.8, 4) is 0 Å². The second kappa shape index (κ2) is 7.68. The fourth-order valence-electron chi connectivity index (χ4n) is 2.77. The molecule has 1 saturated heterocycles. The summed E-state index contributed by atoms with van der Waals surface area (Å²) in [5, 5.41) is 4.57. The van der Waals surface area contributed by atoms with Gasteiger partial charge in [-0.05, 0) is 19.4 Å². The van der Waals surface area contributed by atoms with E-state index in [-0.39, 0.29) is 5.60 Å². The molecule has 2 rings (SSSR count). The van der Waals surface area contributed by atoms with Gasteiger partial charge in [-0.2, -0.15) is 0 Å². The Morgan fingerprint density at radius 3 is 2.62 bits per heavy atom. The first kappa shape index (κ1) is 16.9. The summed E-state index contributed by atoms with van der Waals surface area (Å²) in [5.74, 6) is 0.446. The average Bonchev–Trinajstić information content (AvgIpc) is 2.91. The van der Waals surface area contributed by atoms with Gasteiger partial charge in [0, 0.05) is 44.1 Å². The third-order valence-electron chi connectivity index (χ3n) is 3.92. The lowest BCUT2D eigenvalue weighted by atomic mass is 9.94. The fraction of sp³-hybridized carbons (Fsp3) is 0.812. The maximum atomic E-state index is 6.16. The van der Waals surface area contributed by atoms with Crippen LogP contribution in [0.15, 0.2) is 0 Å². The van der Waals surface area contributed by atoms with Crippen molar-refractivity contribution in [3.05, 3.63) is 15.6 Å². The Bertz CT molecular complexity index is 434. The standard InChI is InChI=1S/C16H28N2O2S/c1-5-17-11-13-14(12(3)4)18-15(21-13)16(20-6-2)7-9-19-10-8-16/h12,17H,5-11H2,1-4H3. The number of hydrogen-bond donors (Lipinski definition) is 1. The molecule has 1 fully saturated rings. The van der Waals surface area contributed by atoms with Crippen LogP contribution < -0.4 is 5.32 Å². The first-order valence-corrected chi connectivity index (χ1v) is 8.87. The van der Waals surface area contributed by atoms with Crippen LogP contribution >= 0.6 is 11.3 Å². The highest BCUT2D eigenvalue weighted by molar-refractivity contribution is 7.11. The van der Waals surface area contributed by atoms with Gasteiger partial charge in [-0.3, -0.25) is 0 Å². The van der Waals surface area contributed by atoms with Crippen molar-refractivity contribution < 1.29 is 9.47 Å². The molecular weight excluding hydrogens is 284 g/mol. The number of ether oxygens (including phenoxy) is 2. The molecular formula is C16H28N2O2S. The molecule has 0 spiro atoms. The Morgan fingerprint density at radius 2 is 2.05 bits per heavy atom. The van der Waals surface area contributed by atoms with Crippen LogP contribution in [-0.2, 0) is 21.6 Å².